The van der Waals surface area contributed by atoms with Crippen LogP contribution in [0.5, 0.6) is 0 Å². The first-order valence-electron chi connectivity index (χ1n) is 5.75. The average Bonchev–Trinajstić information content (AvgIpc) is 2.42. The van der Waals surface area contributed by atoms with E-state index in [-0.39, 0.29) is 11.3 Å². The highest BCUT2D eigenvalue weighted by Gasteiger charge is 2.14. The highest BCUT2D eigenvalue weighted by molar-refractivity contribution is 5.94. The quantitative estimate of drug-likeness (QED) is 0.673. The maximum absolute atomic E-state index is 13.9. The molecule has 0 atom stereocenters. The SMILES string of the molecule is Nc1cc(F)c(F)c(-c2nccc3ccccc23)c1. The van der Waals surface area contributed by atoms with E-state index in [1.807, 2.05) is 30.3 Å². The highest BCUT2D eigenvalue weighted by atomic mass is 19.2. The van der Waals surface area contributed by atoms with Crippen LogP contribution in [0.3, 0.4) is 0 Å². The van der Waals surface area contributed by atoms with E-state index in [2.05, 4.69) is 4.98 Å². The van der Waals surface area contributed by atoms with Crippen LogP contribution in [0.2, 0.25) is 0 Å². The number of rotatable bonds is 1. The molecular formula is C15H10F2N2. The lowest BCUT2D eigenvalue weighted by atomic mass is 10.0. The molecule has 4 heteroatoms. The molecule has 2 nitrogen and oxygen atoms in total. The molecule has 19 heavy (non-hydrogen) atoms. The van der Waals surface area contributed by atoms with E-state index in [0.717, 1.165) is 16.8 Å². The Morgan fingerprint density at radius 1 is 1.00 bits per heavy atom. The van der Waals surface area contributed by atoms with E-state index >= 15 is 0 Å². The summed E-state index contributed by atoms with van der Waals surface area (Å²) in [6.45, 7) is 0. The van der Waals surface area contributed by atoms with E-state index in [9.17, 15) is 8.78 Å². The summed E-state index contributed by atoms with van der Waals surface area (Å²) >= 11 is 0. The Hall–Kier alpha value is -2.49. The van der Waals surface area contributed by atoms with Crippen LogP contribution in [-0.4, -0.2) is 4.98 Å². The fourth-order valence-corrected chi connectivity index (χ4v) is 2.12. The zero-order valence-corrected chi connectivity index (χ0v) is 9.90. The van der Waals surface area contributed by atoms with E-state index in [1.54, 1.807) is 6.20 Å². The van der Waals surface area contributed by atoms with Crippen LogP contribution < -0.4 is 5.73 Å². The third-order valence-corrected chi connectivity index (χ3v) is 2.98. The van der Waals surface area contributed by atoms with Gasteiger partial charge < -0.3 is 5.73 Å². The largest absolute Gasteiger partial charge is 0.399 e. The van der Waals surface area contributed by atoms with Crippen LogP contribution in [0.1, 0.15) is 0 Å². The zero-order valence-electron chi connectivity index (χ0n) is 9.90. The normalized spacial score (nSPS) is 10.8. The third-order valence-electron chi connectivity index (χ3n) is 2.98. The second-order valence-electron chi connectivity index (χ2n) is 4.24. The first kappa shape index (κ1) is 11.6. The maximum atomic E-state index is 13.9. The van der Waals surface area contributed by atoms with Crippen LogP contribution in [-0.2, 0) is 0 Å². The number of anilines is 1. The van der Waals surface area contributed by atoms with Gasteiger partial charge in [0, 0.05) is 22.8 Å². The summed E-state index contributed by atoms with van der Waals surface area (Å²) in [6.07, 6.45) is 1.57. The standard InChI is InChI=1S/C15H10F2N2/c16-13-8-10(18)7-12(14(13)17)15-11-4-2-1-3-9(11)5-6-19-15/h1-8H,18H2. The maximum Gasteiger partial charge on any atom is 0.168 e. The number of nitrogen functional groups attached to an aromatic ring is 1. The van der Waals surface area contributed by atoms with Gasteiger partial charge in [0.15, 0.2) is 11.6 Å². The van der Waals surface area contributed by atoms with Gasteiger partial charge in [-0.2, -0.15) is 0 Å². The molecule has 2 N–H and O–H groups in total. The fourth-order valence-electron chi connectivity index (χ4n) is 2.12. The Labute approximate surface area is 108 Å². The van der Waals surface area contributed by atoms with Crippen molar-refractivity contribution in [3.05, 3.63) is 60.3 Å². The lowest BCUT2D eigenvalue weighted by molar-refractivity contribution is 0.511. The smallest absolute Gasteiger partial charge is 0.168 e. The number of hydrogen-bond donors (Lipinski definition) is 1. The second kappa shape index (κ2) is 4.31. The molecule has 1 heterocycles. The van der Waals surface area contributed by atoms with Crippen LogP contribution in [0.25, 0.3) is 22.0 Å². The van der Waals surface area contributed by atoms with E-state index in [1.165, 1.54) is 6.07 Å². The molecule has 0 fully saturated rings. The lowest BCUT2D eigenvalue weighted by Gasteiger charge is -2.08. The number of benzene rings is 2. The van der Waals surface area contributed by atoms with Gasteiger partial charge >= 0.3 is 0 Å². The average molecular weight is 256 g/mol. The first-order valence-corrected chi connectivity index (χ1v) is 5.75. The Balaban J connectivity index is 2.37. The van der Waals surface area contributed by atoms with E-state index in [0.29, 0.717) is 5.69 Å². The summed E-state index contributed by atoms with van der Waals surface area (Å²) in [5.74, 6) is -1.90. The minimum atomic E-state index is -0.968. The van der Waals surface area contributed by atoms with Crippen molar-refractivity contribution in [1.82, 2.24) is 4.98 Å². The fraction of sp³-hybridized carbons (Fsp3) is 0. The van der Waals surface area contributed by atoms with Crippen molar-refractivity contribution in [2.24, 2.45) is 0 Å². The number of pyridine rings is 1. The summed E-state index contributed by atoms with van der Waals surface area (Å²) in [6, 6.07) is 11.6. The Morgan fingerprint density at radius 3 is 2.63 bits per heavy atom. The number of nitrogens with zero attached hydrogens (tertiary/aromatic N) is 1. The Kier molecular flexibility index (Phi) is 2.63. The summed E-state index contributed by atoms with van der Waals surface area (Å²) in [7, 11) is 0. The van der Waals surface area contributed by atoms with Gasteiger partial charge in [0.25, 0.3) is 0 Å². The number of hydrogen-bond acceptors (Lipinski definition) is 2. The van der Waals surface area contributed by atoms with E-state index in [4.69, 9.17) is 5.73 Å². The molecule has 0 aliphatic rings. The van der Waals surface area contributed by atoms with Gasteiger partial charge in [-0.15, -0.1) is 0 Å². The number of nitrogens with two attached hydrogens (primary N) is 1. The van der Waals surface area contributed by atoms with Crippen LogP contribution in [0, 0.1) is 11.6 Å². The first-order chi connectivity index (χ1) is 9.16. The van der Waals surface area contributed by atoms with Gasteiger partial charge in [0.05, 0.1) is 5.69 Å². The second-order valence-corrected chi connectivity index (χ2v) is 4.24. The number of aromatic nitrogens is 1. The van der Waals surface area contributed by atoms with Crippen molar-refractivity contribution in [3.8, 4) is 11.3 Å². The van der Waals surface area contributed by atoms with Crippen molar-refractivity contribution < 1.29 is 8.78 Å². The Morgan fingerprint density at radius 2 is 1.79 bits per heavy atom. The van der Waals surface area contributed by atoms with Gasteiger partial charge in [-0.3, -0.25) is 4.98 Å². The summed E-state index contributed by atoms with van der Waals surface area (Å²) in [4.78, 5) is 4.16. The zero-order chi connectivity index (χ0) is 13.4. The van der Waals surface area contributed by atoms with Crippen LogP contribution >= 0.6 is 0 Å². The summed E-state index contributed by atoms with van der Waals surface area (Å²) in [5.41, 5.74) is 6.21. The lowest BCUT2D eigenvalue weighted by Crippen LogP contribution is -1.96. The minimum Gasteiger partial charge on any atom is -0.399 e. The monoisotopic (exact) mass is 256 g/mol. The molecule has 0 aliphatic heterocycles. The van der Waals surface area contributed by atoms with Crippen LogP contribution in [0.15, 0.2) is 48.7 Å². The minimum absolute atomic E-state index is 0.0781. The van der Waals surface area contributed by atoms with E-state index < -0.39 is 11.6 Å². The Bertz CT molecular complexity index is 764. The molecule has 3 rings (SSSR count). The van der Waals surface area contributed by atoms with Gasteiger partial charge in [-0.05, 0) is 23.6 Å². The molecule has 2 aromatic carbocycles. The van der Waals surface area contributed by atoms with Gasteiger partial charge in [0.1, 0.15) is 0 Å². The molecular weight excluding hydrogens is 246 g/mol. The third kappa shape index (κ3) is 1.91. The van der Waals surface area contributed by atoms with Crippen LogP contribution in [0.4, 0.5) is 14.5 Å². The molecule has 0 saturated heterocycles. The molecule has 0 unspecified atom stereocenters. The molecule has 0 amide bonds. The predicted molar refractivity (Wildman–Crippen MR) is 71.5 cm³/mol. The molecule has 0 bridgehead atoms. The highest BCUT2D eigenvalue weighted by Crippen LogP contribution is 2.30. The van der Waals surface area contributed by atoms with Crippen molar-refractivity contribution >= 4 is 16.5 Å². The molecule has 1 aromatic heterocycles. The molecule has 0 radical (unpaired) electrons. The van der Waals surface area contributed by atoms with Gasteiger partial charge in [-0.1, -0.05) is 24.3 Å². The molecule has 0 saturated carbocycles. The summed E-state index contributed by atoms with van der Waals surface area (Å²) < 4.78 is 27.4. The number of fused-ring (bicyclic) bond motifs is 1. The van der Waals surface area contributed by atoms with Crippen molar-refractivity contribution in [3.63, 3.8) is 0 Å². The molecule has 0 spiro atoms. The molecule has 3 aromatic rings. The predicted octanol–water partition coefficient (Wildman–Crippen LogP) is 3.76. The summed E-state index contributed by atoms with van der Waals surface area (Å²) in [5, 5.41) is 1.67. The number of halogens is 2. The van der Waals surface area contributed by atoms with Crippen molar-refractivity contribution in [2.45, 2.75) is 0 Å². The van der Waals surface area contributed by atoms with Crippen molar-refractivity contribution in [1.29, 1.82) is 0 Å². The molecule has 94 valence electrons. The topological polar surface area (TPSA) is 38.9 Å². The van der Waals surface area contributed by atoms with Crippen molar-refractivity contribution in [2.75, 3.05) is 5.73 Å². The van der Waals surface area contributed by atoms with Gasteiger partial charge in [0.2, 0.25) is 0 Å². The van der Waals surface area contributed by atoms with Gasteiger partial charge in [-0.25, -0.2) is 8.78 Å². The molecule has 0 aliphatic carbocycles.